The van der Waals surface area contributed by atoms with Crippen LogP contribution in [0.15, 0.2) is 24.7 Å². The minimum Gasteiger partial charge on any atom is -0.310 e. The molecule has 0 saturated carbocycles. The molecule has 0 aromatic carbocycles. The molecule has 1 unspecified atom stereocenters. The normalized spacial score (nSPS) is 12.8. The van der Waals surface area contributed by atoms with Gasteiger partial charge in [-0.05, 0) is 19.9 Å². The second kappa shape index (κ2) is 5.82. The molecule has 0 aliphatic carbocycles. The molecule has 98 valence electrons. The monoisotopic (exact) mass is 247 g/mol. The lowest BCUT2D eigenvalue weighted by Crippen LogP contribution is -2.21. The minimum atomic E-state index is 0.332. The van der Waals surface area contributed by atoms with Crippen molar-refractivity contribution in [1.29, 1.82) is 0 Å². The summed E-state index contributed by atoms with van der Waals surface area (Å²) in [4.78, 5) is 0. The fourth-order valence-electron chi connectivity index (χ4n) is 1.96. The molecule has 1 atom stereocenters. The zero-order chi connectivity index (χ0) is 13.0. The van der Waals surface area contributed by atoms with Crippen LogP contribution in [0, 0.1) is 0 Å². The van der Waals surface area contributed by atoms with E-state index in [1.807, 2.05) is 28.8 Å². The van der Waals surface area contributed by atoms with Crippen LogP contribution in [0.1, 0.15) is 31.1 Å². The third-order valence-corrected chi connectivity index (χ3v) is 3.23. The maximum absolute atomic E-state index is 4.29. The second-order valence-corrected chi connectivity index (χ2v) is 4.50. The van der Waals surface area contributed by atoms with E-state index in [0.29, 0.717) is 6.04 Å². The number of aromatic nitrogens is 4. The fourth-order valence-corrected chi connectivity index (χ4v) is 1.96. The van der Waals surface area contributed by atoms with Gasteiger partial charge in [0.15, 0.2) is 0 Å². The van der Waals surface area contributed by atoms with Gasteiger partial charge in [-0.1, -0.05) is 0 Å². The zero-order valence-electron chi connectivity index (χ0n) is 11.3. The van der Waals surface area contributed by atoms with Gasteiger partial charge in [0.2, 0.25) is 0 Å². The number of nitrogens with zero attached hydrogens (tertiary/aromatic N) is 4. The van der Waals surface area contributed by atoms with Crippen LogP contribution in [-0.2, 0) is 20.0 Å². The number of rotatable bonds is 6. The van der Waals surface area contributed by atoms with Crippen LogP contribution in [0.2, 0.25) is 0 Å². The van der Waals surface area contributed by atoms with E-state index < -0.39 is 0 Å². The van der Waals surface area contributed by atoms with Crippen molar-refractivity contribution >= 4 is 0 Å². The van der Waals surface area contributed by atoms with Gasteiger partial charge in [0.1, 0.15) is 0 Å². The van der Waals surface area contributed by atoms with Crippen molar-refractivity contribution in [2.75, 3.05) is 6.54 Å². The van der Waals surface area contributed by atoms with E-state index in [0.717, 1.165) is 19.5 Å². The van der Waals surface area contributed by atoms with Gasteiger partial charge in [0.05, 0.1) is 6.20 Å². The lowest BCUT2D eigenvalue weighted by Gasteiger charge is -2.11. The second-order valence-electron chi connectivity index (χ2n) is 4.50. The van der Waals surface area contributed by atoms with Gasteiger partial charge >= 0.3 is 0 Å². The Morgan fingerprint density at radius 1 is 1.39 bits per heavy atom. The highest BCUT2D eigenvalue weighted by molar-refractivity contribution is 5.09. The van der Waals surface area contributed by atoms with Crippen molar-refractivity contribution in [1.82, 2.24) is 24.9 Å². The van der Waals surface area contributed by atoms with Crippen LogP contribution in [0.5, 0.6) is 0 Å². The first-order valence-corrected chi connectivity index (χ1v) is 6.43. The van der Waals surface area contributed by atoms with E-state index >= 15 is 0 Å². The average Bonchev–Trinajstić information content (AvgIpc) is 2.98. The van der Waals surface area contributed by atoms with Crippen LogP contribution in [-0.4, -0.2) is 26.1 Å². The third-order valence-electron chi connectivity index (χ3n) is 3.23. The molecular weight excluding hydrogens is 226 g/mol. The van der Waals surface area contributed by atoms with E-state index in [9.17, 15) is 0 Å². The zero-order valence-corrected chi connectivity index (χ0v) is 11.3. The van der Waals surface area contributed by atoms with Gasteiger partial charge in [-0.3, -0.25) is 9.36 Å². The number of aryl methyl sites for hydroxylation is 2. The summed E-state index contributed by atoms with van der Waals surface area (Å²) >= 11 is 0. The Kier molecular flexibility index (Phi) is 4.15. The molecular formula is C13H21N5. The van der Waals surface area contributed by atoms with Crippen molar-refractivity contribution in [3.05, 3.63) is 35.9 Å². The Labute approximate surface area is 108 Å². The summed E-state index contributed by atoms with van der Waals surface area (Å²) in [6.07, 6.45) is 6.86. The highest BCUT2D eigenvalue weighted by Gasteiger charge is 2.07. The lowest BCUT2D eigenvalue weighted by atomic mass is 10.2. The molecule has 0 aliphatic heterocycles. The van der Waals surface area contributed by atoms with Gasteiger partial charge in [-0.2, -0.15) is 10.2 Å². The van der Waals surface area contributed by atoms with E-state index in [2.05, 4.69) is 41.6 Å². The van der Waals surface area contributed by atoms with Crippen LogP contribution < -0.4 is 5.32 Å². The van der Waals surface area contributed by atoms with Crippen LogP contribution in [0.25, 0.3) is 0 Å². The fraction of sp³-hybridized carbons (Fsp3) is 0.538. The first-order valence-electron chi connectivity index (χ1n) is 6.43. The molecule has 1 N–H and O–H groups in total. The predicted molar refractivity (Wildman–Crippen MR) is 71.2 cm³/mol. The highest BCUT2D eigenvalue weighted by Crippen LogP contribution is 2.10. The standard InChI is InChI=1S/C13H21N5/c1-4-18-10-12(9-16-18)11(2)14-7-5-13-6-8-15-17(13)3/h6,8-11,14H,4-5,7H2,1-3H3. The summed E-state index contributed by atoms with van der Waals surface area (Å²) < 4.78 is 3.87. The first kappa shape index (κ1) is 12.8. The van der Waals surface area contributed by atoms with Gasteiger partial charge < -0.3 is 5.32 Å². The average molecular weight is 247 g/mol. The number of nitrogens with one attached hydrogen (secondary N) is 1. The molecule has 0 fully saturated rings. The molecule has 5 nitrogen and oxygen atoms in total. The van der Waals surface area contributed by atoms with Crippen molar-refractivity contribution in [2.24, 2.45) is 7.05 Å². The molecule has 0 spiro atoms. The molecule has 0 amide bonds. The van der Waals surface area contributed by atoms with Crippen molar-refractivity contribution in [3.63, 3.8) is 0 Å². The molecule has 2 heterocycles. The van der Waals surface area contributed by atoms with E-state index in [1.165, 1.54) is 11.3 Å². The Morgan fingerprint density at radius 2 is 2.22 bits per heavy atom. The van der Waals surface area contributed by atoms with Crippen LogP contribution in [0.4, 0.5) is 0 Å². The maximum Gasteiger partial charge on any atom is 0.0537 e. The first-order chi connectivity index (χ1) is 8.70. The summed E-state index contributed by atoms with van der Waals surface area (Å²) in [7, 11) is 1.98. The van der Waals surface area contributed by atoms with Crippen molar-refractivity contribution in [2.45, 2.75) is 32.9 Å². The van der Waals surface area contributed by atoms with Crippen LogP contribution in [0.3, 0.4) is 0 Å². The third kappa shape index (κ3) is 2.98. The van der Waals surface area contributed by atoms with Gasteiger partial charge in [-0.25, -0.2) is 0 Å². The largest absolute Gasteiger partial charge is 0.310 e. The predicted octanol–water partition coefficient (Wildman–Crippen LogP) is 1.53. The summed E-state index contributed by atoms with van der Waals surface area (Å²) in [6.45, 7) is 6.12. The molecule has 0 saturated heterocycles. The summed E-state index contributed by atoms with van der Waals surface area (Å²) in [5, 5.41) is 12.0. The Morgan fingerprint density at radius 3 is 2.83 bits per heavy atom. The van der Waals surface area contributed by atoms with Gasteiger partial charge in [-0.15, -0.1) is 0 Å². The van der Waals surface area contributed by atoms with Crippen molar-refractivity contribution in [3.8, 4) is 0 Å². The SMILES string of the molecule is CCn1cc(C(C)NCCc2ccnn2C)cn1. The summed E-state index contributed by atoms with van der Waals surface area (Å²) in [6, 6.07) is 2.39. The smallest absolute Gasteiger partial charge is 0.0537 e. The molecule has 2 aromatic rings. The Bertz CT molecular complexity index is 485. The molecule has 18 heavy (non-hydrogen) atoms. The van der Waals surface area contributed by atoms with Crippen molar-refractivity contribution < 1.29 is 0 Å². The molecule has 2 aromatic heterocycles. The Hall–Kier alpha value is -1.62. The van der Waals surface area contributed by atoms with Gasteiger partial charge in [0, 0.05) is 56.3 Å². The lowest BCUT2D eigenvalue weighted by molar-refractivity contribution is 0.562. The van der Waals surface area contributed by atoms with Gasteiger partial charge in [0.25, 0.3) is 0 Å². The van der Waals surface area contributed by atoms with E-state index in [-0.39, 0.29) is 0 Å². The molecule has 0 bridgehead atoms. The Balaban J connectivity index is 1.81. The summed E-state index contributed by atoms with van der Waals surface area (Å²) in [5.41, 5.74) is 2.49. The quantitative estimate of drug-likeness (QED) is 0.842. The van der Waals surface area contributed by atoms with E-state index in [4.69, 9.17) is 0 Å². The number of hydrogen-bond donors (Lipinski definition) is 1. The molecule has 0 radical (unpaired) electrons. The summed E-state index contributed by atoms with van der Waals surface area (Å²) in [5.74, 6) is 0. The topological polar surface area (TPSA) is 47.7 Å². The highest BCUT2D eigenvalue weighted by atomic mass is 15.3. The maximum atomic E-state index is 4.29. The van der Waals surface area contributed by atoms with Crippen LogP contribution >= 0.6 is 0 Å². The van der Waals surface area contributed by atoms with E-state index in [1.54, 1.807) is 0 Å². The molecule has 5 heteroatoms. The molecule has 2 rings (SSSR count). The number of hydrogen-bond acceptors (Lipinski definition) is 3. The minimum absolute atomic E-state index is 0.332. The molecule has 0 aliphatic rings.